The van der Waals surface area contributed by atoms with Crippen LogP contribution in [-0.2, 0) is 19.1 Å². The van der Waals surface area contributed by atoms with E-state index in [4.69, 9.17) is 9.47 Å². The summed E-state index contributed by atoms with van der Waals surface area (Å²) in [6.07, 6.45) is 2.98. The Bertz CT molecular complexity index is 322. The first-order valence-corrected chi connectivity index (χ1v) is 6.94. The number of esters is 2. The minimum Gasteiger partial charge on any atom is -0.427 e. The molecule has 1 aliphatic heterocycles. The Morgan fingerprint density at radius 1 is 1.21 bits per heavy atom. The van der Waals surface area contributed by atoms with Crippen molar-refractivity contribution in [1.82, 2.24) is 4.90 Å². The molecule has 0 amide bonds. The van der Waals surface area contributed by atoms with E-state index in [0.29, 0.717) is 0 Å². The van der Waals surface area contributed by atoms with Gasteiger partial charge in [0, 0.05) is 0 Å². The lowest BCUT2D eigenvalue weighted by Gasteiger charge is -2.32. The van der Waals surface area contributed by atoms with E-state index in [1.54, 1.807) is 20.8 Å². The van der Waals surface area contributed by atoms with Crippen molar-refractivity contribution in [3.05, 3.63) is 0 Å². The van der Waals surface area contributed by atoms with Crippen LogP contribution in [0, 0.1) is 5.41 Å². The third kappa shape index (κ3) is 4.82. The summed E-state index contributed by atoms with van der Waals surface area (Å²) in [7, 11) is 0. The summed E-state index contributed by atoms with van der Waals surface area (Å²) in [5.74, 6) is -0.653. The van der Waals surface area contributed by atoms with Gasteiger partial charge in [0.25, 0.3) is 0 Å². The number of carbonyl (C=O) groups excluding carboxylic acids is 2. The topological polar surface area (TPSA) is 55.8 Å². The van der Waals surface area contributed by atoms with Crippen molar-refractivity contribution in [2.45, 2.75) is 53.0 Å². The predicted molar refractivity (Wildman–Crippen MR) is 71.4 cm³/mol. The van der Waals surface area contributed by atoms with Crippen LogP contribution in [0.2, 0.25) is 0 Å². The molecule has 0 radical (unpaired) electrons. The number of likely N-dealkylation sites (N-methyl/N-ethyl adjacent to an activating group) is 1. The third-order valence-electron chi connectivity index (χ3n) is 3.30. The van der Waals surface area contributed by atoms with Crippen LogP contribution in [0.15, 0.2) is 0 Å². The van der Waals surface area contributed by atoms with Crippen molar-refractivity contribution in [2.75, 3.05) is 19.9 Å². The van der Waals surface area contributed by atoms with Crippen molar-refractivity contribution in [3.63, 3.8) is 0 Å². The first kappa shape index (κ1) is 16.0. The van der Waals surface area contributed by atoms with Crippen LogP contribution in [0.1, 0.15) is 47.0 Å². The number of hydrogen-bond donors (Lipinski definition) is 0. The van der Waals surface area contributed by atoms with Crippen molar-refractivity contribution in [1.29, 1.82) is 0 Å². The number of ether oxygens (including phenoxy) is 2. The molecule has 1 fully saturated rings. The van der Waals surface area contributed by atoms with Crippen LogP contribution in [0.4, 0.5) is 0 Å². The maximum Gasteiger partial charge on any atom is 0.326 e. The molecule has 1 unspecified atom stereocenters. The first-order valence-electron chi connectivity index (χ1n) is 6.94. The summed E-state index contributed by atoms with van der Waals surface area (Å²) in [5.41, 5.74) is -0.577. The average molecular weight is 271 g/mol. The highest BCUT2D eigenvalue weighted by atomic mass is 16.7. The summed E-state index contributed by atoms with van der Waals surface area (Å²) in [4.78, 5) is 25.6. The molecule has 0 aromatic rings. The number of carbonyl (C=O) groups is 2. The zero-order valence-electron chi connectivity index (χ0n) is 12.4. The standard InChI is InChI=1S/C14H25NO4/c1-5-15-9-7-6-8-11(15)12(16)18-10-19-13(17)14(2,3)4/h11H,5-10H2,1-4H3. The molecule has 0 N–H and O–H groups in total. The molecule has 0 aromatic carbocycles. The van der Waals surface area contributed by atoms with Gasteiger partial charge < -0.3 is 9.47 Å². The van der Waals surface area contributed by atoms with Gasteiger partial charge in [0.2, 0.25) is 6.79 Å². The van der Waals surface area contributed by atoms with E-state index < -0.39 is 5.41 Å². The van der Waals surface area contributed by atoms with Gasteiger partial charge in [-0.3, -0.25) is 14.5 Å². The average Bonchev–Trinajstić information content (AvgIpc) is 2.37. The molecule has 0 bridgehead atoms. The molecule has 0 saturated carbocycles. The maximum absolute atomic E-state index is 11.9. The molecule has 5 heteroatoms. The van der Waals surface area contributed by atoms with Crippen LogP contribution in [0.3, 0.4) is 0 Å². The summed E-state index contributed by atoms with van der Waals surface area (Å²) in [6.45, 7) is 8.79. The minimum atomic E-state index is -0.577. The quantitative estimate of drug-likeness (QED) is 0.578. The largest absolute Gasteiger partial charge is 0.427 e. The monoisotopic (exact) mass is 271 g/mol. The number of likely N-dealkylation sites (tertiary alicyclic amines) is 1. The van der Waals surface area contributed by atoms with Crippen LogP contribution in [0.5, 0.6) is 0 Å². The fourth-order valence-electron chi connectivity index (χ4n) is 2.09. The molecule has 1 atom stereocenters. The Kier molecular flexibility index (Phi) is 5.79. The molecule has 0 aromatic heterocycles. The Morgan fingerprint density at radius 2 is 1.89 bits per heavy atom. The maximum atomic E-state index is 11.9. The molecule has 19 heavy (non-hydrogen) atoms. The lowest BCUT2D eigenvalue weighted by atomic mass is 9.98. The van der Waals surface area contributed by atoms with Gasteiger partial charge in [-0.1, -0.05) is 13.3 Å². The first-order chi connectivity index (χ1) is 8.86. The number of nitrogens with zero attached hydrogens (tertiary/aromatic N) is 1. The van der Waals surface area contributed by atoms with Crippen molar-refractivity contribution in [3.8, 4) is 0 Å². The second-order valence-corrected chi connectivity index (χ2v) is 5.90. The van der Waals surface area contributed by atoms with E-state index in [0.717, 1.165) is 32.4 Å². The van der Waals surface area contributed by atoms with Gasteiger partial charge in [-0.15, -0.1) is 0 Å². The normalized spacial score (nSPS) is 20.9. The van der Waals surface area contributed by atoms with Gasteiger partial charge in [0.05, 0.1) is 5.41 Å². The van der Waals surface area contributed by atoms with E-state index in [1.165, 1.54) is 0 Å². The zero-order valence-corrected chi connectivity index (χ0v) is 12.4. The van der Waals surface area contributed by atoms with Crippen molar-refractivity contribution < 1.29 is 19.1 Å². The SMILES string of the molecule is CCN1CCCCC1C(=O)OCOC(=O)C(C)(C)C. The molecule has 5 nitrogen and oxygen atoms in total. The molecule has 0 spiro atoms. The van der Waals surface area contributed by atoms with E-state index >= 15 is 0 Å². The van der Waals surface area contributed by atoms with Gasteiger partial charge in [-0.25, -0.2) is 0 Å². The summed E-state index contributed by atoms with van der Waals surface area (Å²) in [6, 6.07) is -0.188. The van der Waals surface area contributed by atoms with Crippen LogP contribution in [0.25, 0.3) is 0 Å². The number of piperidine rings is 1. The van der Waals surface area contributed by atoms with E-state index in [9.17, 15) is 9.59 Å². The molecule has 0 aliphatic carbocycles. The highest BCUT2D eigenvalue weighted by Gasteiger charge is 2.29. The lowest BCUT2D eigenvalue weighted by Crippen LogP contribution is -2.45. The third-order valence-corrected chi connectivity index (χ3v) is 3.30. The van der Waals surface area contributed by atoms with E-state index in [1.807, 2.05) is 6.92 Å². The van der Waals surface area contributed by atoms with Gasteiger partial charge >= 0.3 is 11.9 Å². The minimum absolute atomic E-state index is 0.188. The van der Waals surface area contributed by atoms with Crippen LogP contribution in [-0.4, -0.2) is 42.8 Å². The second kappa shape index (κ2) is 6.89. The van der Waals surface area contributed by atoms with E-state index in [-0.39, 0.29) is 24.8 Å². The van der Waals surface area contributed by atoms with Crippen molar-refractivity contribution in [2.24, 2.45) is 5.41 Å². The molecule has 1 aliphatic rings. The number of hydrogen-bond acceptors (Lipinski definition) is 5. The highest BCUT2D eigenvalue weighted by Crippen LogP contribution is 2.18. The Morgan fingerprint density at radius 3 is 2.47 bits per heavy atom. The Labute approximate surface area is 115 Å². The molecule has 1 saturated heterocycles. The second-order valence-electron chi connectivity index (χ2n) is 5.90. The molecular formula is C14H25NO4. The summed E-state index contributed by atoms with van der Waals surface area (Å²) in [5, 5.41) is 0. The fraction of sp³-hybridized carbons (Fsp3) is 0.857. The fourth-order valence-corrected chi connectivity index (χ4v) is 2.09. The number of rotatable bonds is 4. The van der Waals surface area contributed by atoms with Crippen molar-refractivity contribution >= 4 is 11.9 Å². The predicted octanol–water partition coefficient (Wildman–Crippen LogP) is 1.95. The highest BCUT2D eigenvalue weighted by molar-refractivity contribution is 5.77. The Hall–Kier alpha value is -1.10. The van der Waals surface area contributed by atoms with Gasteiger partial charge in [-0.2, -0.15) is 0 Å². The molecule has 1 rings (SSSR count). The lowest BCUT2D eigenvalue weighted by molar-refractivity contribution is -0.176. The summed E-state index contributed by atoms with van der Waals surface area (Å²) >= 11 is 0. The zero-order chi connectivity index (χ0) is 14.5. The van der Waals surface area contributed by atoms with Gasteiger partial charge in [-0.05, 0) is 46.7 Å². The van der Waals surface area contributed by atoms with Gasteiger partial charge in [0.15, 0.2) is 0 Å². The van der Waals surface area contributed by atoms with E-state index in [2.05, 4.69) is 4.90 Å². The smallest absolute Gasteiger partial charge is 0.326 e. The molecule has 1 heterocycles. The van der Waals surface area contributed by atoms with Gasteiger partial charge in [0.1, 0.15) is 6.04 Å². The Balaban J connectivity index is 2.36. The molecule has 110 valence electrons. The summed E-state index contributed by atoms with van der Waals surface area (Å²) < 4.78 is 9.99. The van der Waals surface area contributed by atoms with Crippen LogP contribution < -0.4 is 0 Å². The molecular weight excluding hydrogens is 246 g/mol. The van der Waals surface area contributed by atoms with Crippen LogP contribution >= 0.6 is 0 Å².